The SMILES string of the molecule is CC(C)C(O)C(=O)O.COC(=O)c1ccc([C@H](C)N)cc1.COC(=O)c1ccc([C@H](C)NC(=O)C(O)C(C)C)cc1.COC(=O)c1ccc([C@H](C)NC(=O)C(OS(C)(=O)=O)C(C)C)cc1. The molecule has 65 heavy (non-hydrogen) atoms. The van der Waals surface area contributed by atoms with Gasteiger partial charge in [-0.3, -0.25) is 13.8 Å². The lowest BCUT2D eigenvalue weighted by molar-refractivity contribution is -0.148. The standard InChI is InChI=1S/C16H23NO6S.C15H21NO4.C10H13NO2.C5H10O3/c1-10(2)14(23-24(5,20)21)15(18)17-11(3)12-6-8-13(9-7-12)16(19)22-4;1-9(2)13(17)14(18)16-10(3)11-5-7-12(8-6-11)15(19)20-4;1-7(11)8-3-5-9(6-4-8)10(12)13-2;1-3(2)4(6)5(7)8/h6-11,14H,1-5H3,(H,17,18);5-10,13,17H,1-4H3,(H,16,18);3-7H,11H2,1-2H3;3-4,6H,1-2H3,(H,7,8)/t11-,14?;10-,13?;7-;/m000./s1. The lowest BCUT2D eigenvalue weighted by Gasteiger charge is -2.22. The summed E-state index contributed by atoms with van der Waals surface area (Å²) in [6, 6.07) is 19.8. The smallest absolute Gasteiger partial charge is 0.337 e. The fraction of sp³-hybridized carbons (Fsp3) is 0.478. The van der Waals surface area contributed by atoms with Gasteiger partial charge in [0.15, 0.2) is 12.2 Å². The second-order valence-electron chi connectivity index (χ2n) is 15.8. The fourth-order valence-electron chi connectivity index (χ4n) is 5.09. The van der Waals surface area contributed by atoms with Gasteiger partial charge in [-0.25, -0.2) is 19.2 Å². The zero-order valence-electron chi connectivity index (χ0n) is 39.4. The van der Waals surface area contributed by atoms with Crippen LogP contribution in [0.4, 0.5) is 0 Å². The molecule has 3 aromatic carbocycles. The van der Waals surface area contributed by atoms with E-state index in [1.54, 1.807) is 109 Å². The molecule has 0 saturated heterocycles. The molecule has 3 unspecified atom stereocenters. The van der Waals surface area contributed by atoms with E-state index in [4.69, 9.17) is 20.1 Å². The van der Waals surface area contributed by atoms with Crippen LogP contribution in [0.25, 0.3) is 0 Å². The molecular formula is C46H67N3O15S. The van der Waals surface area contributed by atoms with Crippen LogP contribution in [-0.2, 0) is 42.9 Å². The van der Waals surface area contributed by atoms with Crippen LogP contribution in [0.3, 0.4) is 0 Å². The highest BCUT2D eigenvalue weighted by atomic mass is 32.2. The van der Waals surface area contributed by atoms with E-state index in [0.29, 0.717) is 16.7 Å². The van der Waals surface area contributed by atoms with Crippen molar-refractivity contribution in [1.82, 2.24) is 10.6 Å². The van der Waals surface area contributed by atoms with Crippen LogP contribution >= 0.6 is 0 Å². The Balaban J connectivity index is 0.000000898. The number of aliphatic hydroxyl groups is 2. The summed E-state index contributed by atoms with van der Waals surface area (Å²) in [6.45, 7) is 15.7. The van der Waals surface area contributed by atoms with Crippen molar-refractivity contribution >= 4 is 45.8 Å². The van der Waals surface area contributed by atoms with Gasteiger partial charge in [0.2, 0.25) is 5.91 Å². The number of nitrogens with one attached hydrogen (secondary N) is 2. The minimum Gasteiger partial charge on any atom is -0.479 e. The van der Waals surface area contributed by atoms with E-state index in [9.17, 15) is 42.3 Å². The maximum absolute atomic E-state index is 12.3. The zero-order valence-corrected chi connectivity index (χ0v) is 40.2. The van der Waals surface area contributed by atoms with Gasteiger partial charge in [-0.1, -0.05) is 77.9 Å². The number of amides is 2. The van der Waals surface area contributed by atoms with Gasteiger partial charge in [0.25, 0.3) is 16.0 Å². The Morgan fingerprint density at radius 2 is 0.831 bits per heavy atom. The number of methoxy groups -OCH3 is 3. The number of rotatable bonds is 16. The second kappa shape index (κ2) is 28.9. The minimum absolute atomic E-state index is 0.00769. The molecule has 0 heterocycles. The molecule has 0 radical (unpaired) electrons. The second-order valence-corrected chi connectivity index (χ2v) is 17.4. The third-order valence-electron chi connectivity index (χ3n) is 9.17. The van der Waals surface area contributed by atoms with Crippen molar-refractivity contribution in [2.24, 2.45) is 23.5 Å². The van der Waals surface area contributed by atoms with Gasteiger partial charge in [0.1, 0.15) is 6.10 Å². The van der Waals surface area contributed by atoms with Gasteiger partial charge in [0.05, 0.1) is 56.4 Å². The molecule has 0 aromatic heterocycles. The molecule has 0 spiro atoms. The molecule has 2 amide bonds. The lowest BCUT2D eigenvalue weighted by atomic mass is 10.0. The molecule has 3 aromatic rings. The number of carbonyl (C=O) groups excluding carboxylic acids is 5. The van der Waals surface area contributed by atoms with Crippen molar-refractivity contribution in [1.29, 1.82) is 0 Å². The van der Waals surface area contributed by atoms with E-state index < -0.39 is 58.2 Å². The molecular weight excluding hydrogens is 867 g/mol. The van der Waals surface area contributed by atoms with Crippen molar-refractivity contribution in [2.45, 2.75) is 98.8 Å². The Labute approximate surface area is 382 Å². The Kier molecular flexibility index (Phi) is 26.4. The summed E-state index contributed by atoms with van der Waals surface area (Å²) in [6.07, 6.45) is -2.43. The van der Waals surface area contributed by atoms with Gasteiger partial charge in [-0.2, -0.15) is 8.42 Å². The molecule has 0 aliphatic rings. The molecule has 7 N–H and O–H groups in total. The van der Waals surface area contributed by atoms with Crippen LogP contribution in [-0.4, -0.2) is 105 Å². The Morgan fingerprint density at radius 3 is 1.06 bits per heavy atom. The summed E-state index contributed by atoms with van der Waals surface area (Å²) in [7, 11) is 0.243. The van der Waals surface area contributed by atoms with Gasteiger partial charge < -0.3 is 45.9 Å². The predicted octanol–water partition coefficient (Wildman–Crippen LogP) is 4.90. The number of hydrogen-bond acceptors (Lipinski definition) is 15. The van der Waals surface area contributed by atoms with E-state index in [1.165, 1.54) is 21.3 Å². The third-order valence-corrected chi connectivity index (χ3v) is 9.72. The molecule has 6 atom stereocenters. The number of aliphatic carboxylic acids is 1. The number of aliphatic hydroxyl groups excluding tert-OH is 2. The Morgan fingerprint density at radius 1 is 0.523 bits per heavy atom. The predicted molar refractivity (Wildman–Crippen MR) is 243 cm³/mol. The molecule has 0 aliphatic heterocycles. The maximum atomic E-state index is 12.3. The maximum Gasteiger partial charge on any atom is 0.337 e. The highest BCUT2D eigenvalue weighted by Crippen LogP contribution is 2.18. The zero-order chi connectivity index (χ0) is 50.4. The van der Waals surface area contributed by atoms with Crippen molar-refractivity contribution in [3.63, 3.8) is 0 Å². The van der Waals surface area contributed by atoms with Crippen LogP contribution in [0.1, 0.15) is 128 Å². The van der Waals surface area contributed by atoms with Crippen LogP contribution in [0.5, 0.6) is 0 Å². The molecule has 362 valence electrons. The van der Waals surface area contributed by atoms with Gasteiger partial charge in [0, 0.05) is 6.04 Å². The monoisotopic (exact) mass is 933 g/mol. The first-order chi connectivity index (χ1) is 30.1. The summed E-state index contributed by atoms with van der Waals surface area (Å²) >= 11 is 0. The third kappa shape index (κ3) is 22.1. The average Bonchev–Trinajstić information content (AvgIpc) is 3.26. The quantitative estimate of drug-likeness (QED) is 0.0633. The highest BCUT2D eigenvalue weighted by molar-refractivity contribution is 7.86. The number of carboxylic acids is 1. The lowest BCUT2D eigenvalue weighted by Crippen LogP contribution is -2.41. The van der Waals surface area contributed by atoms with E-state index in [-0.39, 0.29) is 41.8 Å². The molecule has 0 bridgehead atoms. The van der Waals surface area contributed by atoms with Crippen LogP contribution < -0.4 is 16.4 Å². The molecule has 19 heteroatoms. The first kappa shape index (κ1) is 59.3. The van der Waals surface area contributed by atoms with Crippen LogP contribution in [0.2, 0.25) is 0 Å². The largest absolute Gasteiger partial charge is 0.479 e. The van der Waals surface area contributed by atoms with E-state index in [0.717, 1.165) is 22.9 Å². The summed E-state index contributed by atoms with van der Waals surface area (Å²) in [5.41, 5.74) is 9.68. The van der Waals surface area contributed by atoms with E-state index in [2.05, 4.69) is 24.8 Å². The number of ether oxygens (including phenoxy) is 3. The molecule has 0 aliphatic carbocycles. The van der Waals surface area contributed by atoms with Crippen molar-refractivity contribution in [3.8, 4) is 0 Å². The number of nitrogens with two attached hydrogens (primary N) is 1. The molecule has 0 fully saturated rings. The first-order valence-corrected chi connectivity index (χ1v) is 22.3. The van der Waals surface area contributed by atoms with Gasteiger partial charge >= 0.3 is 23.9 Å². The summed E-state index contributed by atoms with van der Waals surface area (Å²) < 4.78 is 41.2. The van der Waals surface area contributed by atoms with Gasteiger partial charge in [-0.15, -0.1) is 0 Å². The Bertz CT molecular complexity index is 2070. The first-order valence-electron chi connectivity index (χ1n) is 20.5. The average molecular weight is 934 g/mol. The van der Waals surface area contributed by atoms with E-state index >= 15 is 0 Å². The molecule has 3 rings (SSSR count). The fourth-order valence-corrected chi connectivity index (χ4v) is 5.77. The van der Waals surface area contributed by atoms with Crippen molar-refractivity contribution < 1.29 is 70.9 Å². The number of esters is 3. The van der Waals surface area contributed by atoms with Gasteiger partial charge in [-0.05, 0) is 91.6 Å². The number of hydrogen-bond donors (Lipinski definition) is 6. The van der Waals surface area contributed by atoms with Crippen LogP contribution in [0, 0.1) is 17.8 Å². The molecule has 0 saturated carbocycles. The summed E-state index contributed by atoms with van der Waals surface area (Å²) in [5.74, 6) is -3.88. The van der Waals surface area contributed by atoms with Crippen LogP contribution in [0.15, 0.2) is 72.8 Å². The number of benzene rings is 3. The van der Waals surface area contributed by atoms with E-state index in [1.807, 2.05) is 26.0 Å². The number of carbonyl (C=O) groups is 6. The van der Waals surface area contributed by atoms with Crippen molar-refractivity contribution in [2.75, 3.05) is 27.6 Å². The number of carboxylic acid groups (broad SMARTS) is 1. The molecule has 18 nitrogen and oxygen atoms in total. The highest BCUT2D eigenvalue weighted by Gasteiger charge is 2.28. The topological polar surface area (TPSA) is 284 Å². The Hall–Kier alpha value is -5.73. The normalized spacial score (nSPS) is 13.6. The summed E-state index contributed by atoms with van der Waals surface area (Å²) in [5, 5.41) is 31.8. The van der Waals surface area contributed by atoms with Crippen molar-refractivity contribution in [3.05, 3.63) is 106 Å². The minimum atomic E-state index is -3.74. The summed E-state index contributed by atoms with van der Waals surface area (Å²) in [4.78, 5) is 67.7.